The van der Waals surface area contributed by atoms with Gasteiger partial charge in [0.1, 0.15) is 0 Å². The maximum atomic E-state index is 12.7. The minimum Gasteiger partial charge on any atom is -0.330 e. The molecule has 0 aromatic rings. The van der Waals surface area contributed by atoms with Crippen molar-refractivity contribution in [2.45, 2.75) is 32.4 Å². The predicted molar refractivity (Wildman–Crippen MR) is 65.3 cm³/mol. The second kappa shape index (κ2) is 5.35. The number of hydrogen-bond donors (Lipinski definition) is 1. The Hall–Kier alpha value is -1.11. The van der Waals surface area contributed by atoms with Crippen LogP contribution in [0.4, 0.5) is 13.2 Å². The summed E-state index contributed by atoms with van der Waals surface area (Å²) in [6.07, 6.45) is -2.37. The number of hydrogen-bond acceptors (Lipinski definition) is 3. The second-order valence-corrected chi connectivity index (χ2v) is 5.72. The molecular weight excluding hydrogens is 273 g/mol. The van der Waals surface area contributed by atoms with Gasteiger partial charge in [0.25, 0.3) is 0 Å². The predicted octanol–water partition coefficient (Wildman–Crippen LogP) is 1.54. The molecule has 2 fully saturated rings. The number of carbonyl (C=O) groups is 2. The van der Waals surface area contributed by atoms with Crippen LogP contribution in [0.2, 0.25) is 0 Å². The number of nitrogens with two attached hydrogens (primary N) is 1. The van der Waals surface area contributed by atoms with Gasteiger partial charge in [-0.05, 0) is 18.8 Å². The normalized spacial score (nSPS) is 31.9. The van der Waals surface area contributed by atoms with E-state index in [0.717, 1.165) is 11.3 Å². The summed E-state index contributed by atoms with van der Waals surface area (Å²) in [5.74, 6) is -3.24. The average Bonchev–Trinajstić information content (AvgIpc) is 2.88. The van der Waals surface area contributed by atoms with E-state index in [0.29, 0.717) is 18.8 Å². The molecule has 1 heterocycles. The quantitative estimate of drug-likeness (QED) is 0.800. The molecule has 1 aliphatic carbocycles. The number of rotatable bonds is 4. The van der Waals surface area contributed by atoms with Gasteiger partial charge in [0.05, 0.1) is 17.8 Å². The maximum absolute atomic E-state index is 12.7. The van der Waals surface area contributed by atoms with Gasteiger partial charge in [-0.25, -0.2) is 0 Å². The van der Waals surface area contributed by atoms with Crippen LogP contribution in [0, 0.1) is 23.7 Å². The van der Waals surface area contributed by atoms with E-state index < -0.39 is 48.8 Å². The third-order valence-electron chi connectivity index (χ3n) is 4.55. The molecule has 3 unspecified atom stereocenters. The van der Waals surface area contributed by atoms with E-state index in [9.17, 15) is 22.8 Å². The Balaban J connectivity index is 2.09. The summed E-state index contributed by atoms with van der Waals surface area (Å²) >= 11 is 0. The lowest BCUT2D eigenvalue weighted by molar-refractivity contribution is -0.178. The lowest BCUT2D eigenvalue weighted by Crippen LogP contribution is -2.44. The summed E-state index contributed by atoms with van der Waals surface area (Å²) in [5.41, 5.74) is 5.12. The zero-order valence-electron chi connectivity index (χ0n) is 11.3. The number of likely N-dealkylation sites (tertiary alicyclic amines) is 1. The SMILES string of the molecule is CCC1CC2C(=O)N(CC(CN)C(F)(F)F)C(=O)C2C1. The Kier molecular flexibility index (Phi) is 4.09. The third-order valence-corrected chi connectivity index (χ3v) is 4.55. The smallest absolute Gasteiger partial charge is 0.330 e. The Bertz CT molecular complexity index is 387. The lowest BCUT2D eigenvalue weighted by Gasteiger charge is -2.24. The zero-order valence-corrected chi connectivity index (χ0v) is 11.3. The zero-order chi connectivity index (χ0) is 15.1. The van der Waals surface area contributed by atoms with Gasteiger partial charge in [-0.15, -0.1) is 0 Å². The monoisotopic (exact) mass is 292 g/mol. The Morgan fingerprint density at radius 1 is 1.25 bits per heavy atom. The van der Waals surface area contributed by atoms with Crippen molar-refractivity contribution in [2.24, 2.45) is 29.4 Å². The number of amides is 2. The molecule has 1 saturated heterocycles. The molecular formula is C13H19F3N2O2. The van der Waals surface area contributed by atoms with Crippen LogP contribution in [0.15, 0.2) is 0 Å². The van der Waals surface area contributed by atoms with Crippen molar-refractivity contribution in [3.8, 4) is 0 Å². The van der Waals surface area contributed by atoms with E-state index in [1.54, 1.807) is 0 Å². The molecule has 7 heteroatoms. The van der Waals surface area contributed by atoms with E-state index in [2.05, 4.69) is 0 Å². The molecule has 0 aromatic carbocycles. The van der Waals surface area contributed by atoms with Crippen LogP contribution in [0.1, 0.15) is 26.2 Å². The highest BCUT2D eigenvalue weighted by molar-refractivity contribution is 6.05. The largest absolute Gasteiger partial charge is 0.394 e. The van der Waals surface area contributed by atoms with Gasteiger partial charge < -0.3 is 5.73 Å². The molecule has 0 radical (unpaired) electrons. The Labute approximate surface area is 115 Å². The third kappa shape index (κ3) is 2.55. The minimum absolute atomic E-state index is 0.327. The van der Waals surface area contributed by atoms with E-state index in [4.69, 9.17) is 5.73 Å². The van der Waals surface area contributed by atoms with Gasteiger partial charge in [-0.2, -0.15) is 13.2 Å². The number of alkyl halides is 3. The first-order valence-electron chi connectivity index (χ1n) is 6.91. The maximum Gasteiger partial charge on any atom is 0.394 e. The number of nitrogens with zero attached hydrogens (tertiary/aromatic N) is 1. The molecule has 0 aromatic heterocycles. The van der Waals surface area contributed by atoms with Gasteiger partial charge in [0.15, 0.2) is 0 Å². The second-order valence-electron chi connectivity index (χ2n) is 5.72. The first-order valence-corrected chi connectivity index (χ1v) is 6.91. The molecule has 0 bridgehead atoms. The highest BCUT2D eigenvalue weighted by atomic mass is 19.4. The molecule has 1 saturated carbocycles. The van der Waals surface area contributed by atoms with Crippen molar-refractivity contribution in [1.82, 2.24) is 4.90 Å². The highest BCUT2D eigenvalue weighted by Gasteiger charge is 2.53. The number of fused-ring (bicyclic) bond motifs is 1. The van der Waals surface area contributed by atoms with Crippen molar-refractivity contribution in [1.29, 1.82) is 0 Å². The van der Waals surface area contributed by atoms with Crippen LogP contribution >= 0.6 is 0 Å². The number of carbonyl (C=O) groups excluding carboxylic acids is 2. The molecule has 2 rings (SSSR count). The van der Waals surface area contributed by atoms with Gasteiger partial charge in [0, 0.05) is 13.1 Å². The van der Waals surface area contributed by atoms with Crippen LogP contribution in [0.25, 0.3) is 0 Å². The van der Waals surface area contributed by atoms with Crippen LogP contribution in [0.5, 0.6) is 0 Å². The van der Waals surface area contributed by atoms with E-state index in [-0.39, 0.29) is 0 Å². The average molecular weight is 292 g/mol. The van der Waals surface area contributed by atoms with Gasteiger partial charge in [0.2, 0.25) is 11.8 Å². The van der Waals surface area contributed by atoms with E-state index in [1.807, 2.05) is 6.92 Å². The highest BCUT2D eigenvalue weighted by Crippen LogP contribution is 2.44. The molecule has 0 spiro atoms. The van der Waals surface area contributed by atoms with Crippen LogP contribution in [-0.4, -0.2) is 36.0 Å². The topological polar surface area (TPSA) is 63.4 Å². The molecule has 20 heavy (non-hydrogen) atoms. The Morgan fingerprint density at radius 2 is 1.75 bits per heavy atom. The molecule has 114 valence electrons. The molecule has 3 atom stereocenters. The standard InChI is InChI=1S/C13H19F3N2O2/c1-2-7-3-9-10(4-7)12(20)18(11(9)19)6-8(5-17)13(14,15)16/h7-10H,2-6,17H2,1H3. The molecule has 2 amide bonds. The first-order chi connectivity index (χ1) is 9.29. The first kappa shape index (κ1) is 15.3. The fourth-order valence-electron chi connectivity index (χ4n) is 3.24. The molecule has 2 N–H and O–H groups in total. The summed E-state index contributed by atoms with van der Waals surface area (Å²) < 4.78 is 38.1. The van der Waals surface area contributed by atoms with Crippen LogP contribution < -0.4 is 5.73 Å². The fraction of sp³-hybridized carbons (Fsp3) is 0.846. The fourth-order valence-corrected chi connectivity index (χ4v) is 3.24. The number of imide groups is 1. The van der Waals surface area contributed by atoms with Crippen molar-refractivity contribution >= 4 is 11.8 Å². The summed E-state index contributed by atoms with van der Waals surface area (Å²) in [4.78, 5) is 25.1. The van der Waals surface area contributed by atoms with E-state index >= 15 is 0 Å². The van der Waals surface area contributed by atoms with Gasteiger partial charge in [-0.3, -0.25) is 14.5 Å². The van der Waals surface area contributed by atoms with Crippen LogP contribution in [-0.2, 0) is 9.59 Å². The minimum atomic E-state index is -4.49. The van der Waals surface area contributed by atoms with Crippen molar-refractivity contribution in [3.05, 3.63) is 0 Å². The molecule has 4 nitrogen and oxygen atoms in total. The number of halogens is 3. The van der Waals surface area contributed by atoms with Crippen molar-refractivity contribution < 1.29 is 22.8 Å². The molecule has 2 aliphatic rings. The summed E-state index contributed by atoms with van der Waals surface area (Å²) in [6, 6.07) is 0. The summed E-state index contributed by atoms with van der Waals surface area (Å²) in [6.45, 7) is 0.738. The van der Waals surface area contributed by atoms with E-state index in [1.165, 1.54) is 0 Å². The summed E-state index contributed by atoms with van der Waals surface area (Å²) in [7, 11) is 0. The lowest BCUT2D eigenvalue weighted by atomic mass is 10.00. The van der Waals surface area contributed by atoms with Crippen molar-refractivity contribution in [3.63, 3.8) is 0 Å². The Morgan fingerprint density at radius 3 is 2.10 bits per heavy atom. The van der Waals surface area contributed by atoms with Crippen LogP contribution in [0.3, 0.4) is 0 Å². The molecule has 1 aliphatic heterocycles. The van der Waals surface area contributed by atoms with Gasteiger partial charge in [-0.1, -0.05) is 13.3 Å². The van der Waals surface area contributed by atoms with Gasteiger partial charge >= 0.3 is 6.18 Å². The van der Waals surface area contributed by atoms with Crippen molar-refractivity contribution in [2.75, 3.05) is 13.1 Å². The summed E-state index contributed by atoms with van der Waals surface area (Å²) in [5, 5.41) is 0.